The number of nitrogen functional groups attached to an aromatic ring is 1. The topological polar surface area (TPSA) is 110 Å². The summed E-state index contributed by atoms with van der Waals surface area (Å²) in [6.45, 7) is 0.310. The van der Waals surface area contributed by atoms with Crippen molar-refractivity contribution in [2.75, 3.05) is 17.6 Å². The highest BCUT2D eigenvalue weighted by Gasteiger charge is 2.44. The minimum atomic E-state index is -4.22. The van der Waals surface area contributed by atoms with Gasteiger partial charge in [0, 0.05) is 6.54 Å². The van der Waals surface area contributed by atoms with E-state index in [4.69, 9.17) is 5.73 Å². The van der Waals surface area contributed by atoms with Crippen LogP contribution < -0.4 is 21.2 Å². The van der Waals surface area contributed by atoms with Crippen LogP contribution in [0.2, 0.25) is 0 Å². The SMILES string of the molecule is Cn1c2[n+](c(N)c(C(=NCC3CCCCC3)S(=O)(=O)c3ccc(F)cc3)c1=O)[C@H]1CCCC[C@H]1N2. The smallest absolute Gasteiger partial charge is 0.320 e. The Balaban J connectivity index is 1.68. The van der Waals surface area contributed by atoms with Crippen molar-refractivity contribution < 1.29 is 17.4 Å². The quantitative estimate of drug-likeness (QED) is 0.289. The zero-order chi connectivity index (χ0) is 24.7. The maximum atomic E-state index is 13.8. The molecule has 35 heavy (non-hydrogen) atoms. The van der Waals surface area contributed by atoms with Crippen molar-refractivity contribution in [1.29, 1.82) is 0 Å². The number of hydrogen-bond donors (Lipinski definition) is 2. The zero-order valence-corrected chi connectivity index (χ0v) is 20.9. The molecule has 1 aromatic carbocycles. The highest BCUT2D eigenvalue weighted by molar-refractivity contribution is 8.07. The van der Waals surface area contributed by atoms with E-state index in [2.05, 4.69) is 10.3 Å². The molecule has 8 nitrogen and oxygen atoms in total. The summed E-state index contributed by atoms with van der Waals surface area (Å²) in [4.78, 5) is 18.1. The van der Waals surface area contributed by atoms with Crippen LogP contribution in [0.25, 0.3) is 0 Å². The summed E-state index contributed by atoms with van der Waals surface area (Å²) in [7, 11) is -2.59. The molecular weight excluding hydrogens is 469 g/mol. The molecule has 2 saturated carbocycles. The van der Waals surface area contributed by atoms with E-state index in [0.29, 0.717) is 12.5 Å². The summed E-state index contributed by atoms with van der Waals surface area (Å²) in [6, 6.07) is 4.82. The fraction of sp³-hybridized carbons (Fsp3) is 0.560. The molecule has 0 unspecified atom stereocenters. The molecule has 3 aliphatic rings. The summed E-state index contributed by atoms with van der Waals surface area (Å²) in [5, 5.41) is 3.11. The molecule has 10 heteroatoms. The summed E-state index contributed by atoms with van der Waals surface area (Å²) < 4.78 is 44.6. The van der Waals surface area contributed by atoms with Crippen LogP contribution in [0.4, 0.5) is 16.2 Å². The van der Waals surface area contributed by atoms with Gasteiger partial charge in [-0.2, -0.15) is 0 Å². The lowest BCUT2D eigenvalue weighted by atomic mass is 9.89. The Morgan fingerprint density at radius 3 is 2.49 bits per heavy atom. The van der Waals surface area contributed by atoms with E-state index >= 15 is 0 Å². The molecule has 0 bridgehead atoms. The van der Waals surface area contributed by atoms with Crippen LogP contribution in [0, 0.1) is 11.7 Å². The molecule has 0 saturated heterocycles. The molecular formula is C25H33FN5O3S+. The van der Waals surface area contributed by atoms with Crippen LogP contribution in [0.3, 0.4) is 0 Å². The summed E-state index contributed by atoms with van der Waals surface area (Å²) in [6.07, 6.45) is 9.32. The number of halogens is 1. The van der Waals surface area contributed by atoms with Crippen molar-refractivity contribution in [2.24, 2.45) is 18.0 Å². The third kappa shape index (κ3) is 4.26. The maximum absolute atomic E-state index is 13.8. The van der Waals surface area contributed by atoms with E-state index in [0.717, 1.165) is 63.5 Å². The summed E-state index contributed by atoms with van der Waals surface area (Å²) >= 11 is 0. The summed E-state index contributed by atoms with van der Waals surface area (Å²) in [5.74, 6) is 0.443. The van der Waals surface area contributed by atoms with Crippen molar-refractivity contribution in [1.82, 2.24) is 4.57 Å². The molecule has 0 radical (unpaired) electrons. The standard InChI is InChI=1S/C25H32FN5O3S/c1-30-24(32)21(22(27)31-20-10-6-5-9-19(20)29-25(30)31)23(28-15-16-7-3-2-4-8-16)35(33,34)18-13-11-17(26)12-14-18/h11-14,16,19-20H,2-10,15H2,1H3,(H2,27,28,32)/p+1/t19-,20+/m1/s1. The molecule has 0 spiro atoms. The monoisotopic (exact) mass is 502 g/mol. The van der Waals surface area contributed by atoms with Gasteiger partial charge in [0.15, 0.2) is 10.6 Å². The average molecular weight is 503 g/mol. The van der Waals surface area contributed by atoms with Crippen LogP contribution in [0.5, 0.6) is 0 Å². The number of nitrogens with one attached hydrogen (secondary N) is 1. The molecule has 2 aliphatic carbocycles. The number of anilines is 2. The highest BCUT2D eigenvalue weighted by Crippen LogP contribution is 2.34. The Hall–Kier alpha value is -2.75. The molecule has 2 atom stereocenters. The van der Waals surface area contributed by atoms with Gasteiger partial charge < -0.3 is 5.73 Å². The van der Waals surface area contributed by atoms with E-state index in [1.54, 1.807) is 7.05 Å². The van der Waals surface area contributed by atoms with E-state index in [9.17, 15) is 17.6 Å². The van der Waals surface area contributed by atoms with Crippen LogP contribution >= 0.6 is 0 Å². The lowest BCUT2D eigenvalue weighted by Crippen LogP contribution is -2.49. The zero-order valence-electron chi connectivity index (χ0n) is 20.0. The molecule has 1 aromatic heterocycles. The Kier molecular flexibility index (Phi) is 6.41. The number of sulfone groups is 1. The van der Waals surface area contributed by atoms with Gasteiger partial charge in [-0.25, -0.2) is 21.9 Å². The van der Waals surface area contributed by atoms with Gasteiger partial charge in [-0.15, -0.1) is 0 Å². The van der Waals surface area contributed by atoms with Crippen LogP contribution in [0.15, 0.2) is 38.9 Å². The fourth-order valence-corrected chi connectivity index (χ4v) is 7.26. The largest absolute Gasteiger partial charge is 0.334 e. The normalized spacial score (nSPS) is 23.0. The van der Waals surface area contributed by atoms with Gasteiger partial charge in [-0.1, -0.05) is 32.1 Å². The predicted molar refractivity (Wildman–Crippen MR) is 133 cm³/mol. The minimum Gasteiger partial charge on any atom is -0.334 e. The molecule has 2 heterocycles. The molecule has 3 N–H and O–H groups in total. The number of nitrogens with zero attached hydrogens (tertiary/aromatic N) is 3. The van der Waals surface area contributed by atoms with Crippen LogP contribution in [-0.2, 0) is 16.9 Å². The van der Waals surface area contributed by atoms with Crippen molar-refractivity contribution in [3.8, 4) is 0 Å². The van der Waals surface area contributed by atoms with E-state index < -0.39 is 21.2 Å². The van der Waals surface area contributed by atoms with Crippen molar-refractivity contribution in [3.63, 3.8) is 0 Å². The van der Waals surface area contributed by atoms with Gasteiger partial charge >= 0.3 is 11.5 Å². The van der Waals surface area contributed by atoms with Crippen molar-refractivity contribution in [3.05, 3.63) is 46.0 Å². The van der Waals surface area contributed by atoms with Crippen molar-refractivity contribution >= 4 is 26.6 Å². The third-order valence-electron chi connectivity index (χ3n) is 7.77. The average Bonchev–Trinajstić information content (AvgIpc) is 3.25. The lowest BCUT2D eigenvalue weighted by molar-refractivity contribution is -0.691. The van der Waals surface area contributed by atoms with E-state index in [-0.39, 0.29) is 39.3 Å². The Labute approximate surface area is 205 Å². The number of aromatic nitrogens is 2. The minimum absolute atomic E-state index is 0.0532. The Morgan fingerprint density at radius 2 is 1.77 bits per heavy atom. The second-order valence-corrected chi connectivity index (χ2v) is 11.9. The van der Waals surface area contributed by atoms with Gasteiger partial charge in [0.2, 0.25) is 15.7 Å². The molecule has 2 fully saturated rings. The molecule has 5 rings (SSSR count). The first-order chi connectivity index (χ1) is 16.8. The first kappa shape index (κ1) is 24.0. The number of nitrogens with two attached hydrogens (primary N) is 1. The molecule has 2 aromatic rings. The number of hydrogen-bond acceptors (Lipinski definition) is 6. The first-order valence-electron chi connectivity index (χ1n) is 12.5. The van der Waals surface area contributed by atoms with Gasteiger partial charge in [0.25, 0.3) is 0 Å². The Morgan fingerprint density at radius 1 is 1.11 bits per heavy atom. The van der Waals surface area contributed by atoms with E-state index in [1.165, 1.54) is 23.1 Å². The van der Waals surface area contributed by atoms with Gasteiger partial charge in [-0.3, -0.25) is 15.1 Å². The highest BCUT2D eigenvalue weighted by atomic mass is 32.2. The molecule has 188 valence electrons. The number of rotatable bonds is 4. The van der Waals surface area contributed by atoms with Crippen LogP contribution in [-0.4, -0.2) is 30.6 Å². The van der Waals surface area contributed by atoms with Gasteiger partial charge in [0.1, 0.15) is 11.9 Å². The second-order valence-electron chi connectivity index (χ2n) is 10.0. The van der Waals surface area contributed by atoms with Gasteiger partial charge in [0.05, 0.1) is 18.0 Å². The Bertz CT molecular complexity index is 1310. The number of fused-ring (bicyclic) bond motifs is 3. The molecule has 1 aliphatic heterocycles. The van der Waals surface area contributed by atoms with Crippen molar-refractivity contribution in [2.45, 2.75) is 74.8 Å². The third-order valence-corrected chi connectivity index (χ3v) is 9.50. The second kappa shape index (κ2) is 9.37. The lowest BCUT2D eigenvalue weighted by Gasteiger charge is -2.23. The first-order valence-corrected chi connectivity index (χ1v) is 14.0. The number of benzene rings is 1. The maximum Gasteiger partial charge on any atom is 0.320 e. The van der Waals surface area contributed by atoms with Crippen LogP contribution in [0.1, 0.15) is 69.4 Å². The van der Waals surface area contributed by atoms with E-state index in [1.807, 2.05) is 4.57 Å². The predicted octanol–water partition coefficient (Wildman–Crippen LogP) is 3.10. The number of aliphatic imine (C=N–C) groups is 1. The van der Waals surface area contributed by atoms with Gasteiger partial charge in [-0.05, 0) is 55.9 Å². The molecule has 0 amide bonds. The summed E-state index contributed by atoms with van der Waals surface area (Å²) in [5.41, 5.74) is 6.02. The fourth-order valence-electron chi connectivity index (χ4n) is 5.83.